The van der Waals surface area contributed by atoms with Crippen LogP contribution in [-0.2, 0) is 6.42 Å². The van der Waals surface area contributed by atoms with Crippen molar-refractivity contribution in [1.82, 2.24) is 9.97 Å². The molecule has 1 aromatic carbocycles. The van der Waals surface area contributed by atoms with Crippen LogP contribution in [0, 0.1) is 10.1 Å². The lowest BCUT2D eigenvalue weighted by molar-refractivity contribution is -0.384. The zero-order valence-electron chi connectivity index (χ0n) is 10.4. The van der Waals surface area contributed by atoms with Crippen LogP contribution in [0.3, 0.4) is 0 Å². The van der Waals surface area contributed by atoms with Gasteiger partial charge in [-0.15, -0.1) is 0 Å². The zero-order chi connectivity index (χ0) is 14.1. The van der Waals surface area contributed by atoms with E-state index < -0.39 is 4.92 Å². The Kier molecular flexibility index (Phi) is 2.86. The molecule has 0 radical (unpaired) electrons. The zero-order valence-corrected chi connectivity index (χ0v) is 10.4. The lowest BCUT2D eigenvalue weighted by Gasteiger charge is -2.16. The highest BCUT2D eigenvalue weighted by Crippen LogP contribution is 2.32. The second-order valence-corrected chi connectivity index (χ2v) is 4.37. The predicted molar refractivity (Wildman–Crippen MR) is 70.5 cm³/mol. The number of amides is 1. The molecule has 20 heavy (non-hydrogen) atoms. The van der Waals surface area contributed by atoms with Crippen LogP contribution in [0.2, 0.25) is 0 Å². The van der Waals surface area contributed by atoms with E-state index in [1.165, 1.54) is 35.6 Å². The molecular formula is C13H10N4O3. The first-order valence-corrected chi connectivity index (χ1v) is 6.02. The summed E-state index contributed by atoms with van der Waals surface area (Å²) in [5.74, 6) is -0.294. The van der Waals surface area contributed by atoms with E-state index >= 15 is 0 Å². The van der Waals surface area contributed by atoms with E-state index in [-0.39, 0.29) is 17.3 Å². The van der Waals surface area contributed by atoms with Gasteiger partial charge >= 0.3 is 0 Å². The number of rotatable bonds is 2. The van der Waals surface area contributed by atoms with Crippen molar-refractivity contribution >= 4 is 17.3 Å². The van der Waals surface area contributed by atoms with E-state index in [0.717, 1.165) is 5.56 Å². The van der Waals surface area contributed by atoms with E-state index in [9.17, 15) is 14.9 Å². The van der Waals surface area contributed by atoms with Crippen LogP contribution in [-0.4, -0.2) is 27.3 Å². The Morgan fingerprint density at radius 2 is 2.20 bits per heavy atom. The van der Waals surface area contributed by atoms with E-state index in [2.05, 4.69) is 9.97 Å². The van der Waals surface area contributed by atoms with E-state index in [1.807, 2.05) is 0 Å². The summed E-state index contributed by atoms with van der Waals surface area (Å²) in [4.78, 5) is 32.0. The van der Waals surface area contributed by atoms with Crippen molar-refractivity contribution in [2.45, 2.75) is 6.42 Å². The normalized spacial score (nSPS) is 13.1. The first-order valence-electron chi connectivity index (χ1n) is 6.02. The van der Waals surface area contributed by atoms with Crippen molar-refractivity contribution in [2.75, 3.05) is 11.4 Å². The van der Waals surface area contributed by atoms with Gasteiger partial charge < -0.3 is 4.90 Å². The summed E-state index contributed by atoms with van der Waals surface area (Å²) in [5, 5.41) is 10.8. The first kappa shape index (κ1) is 12.2. The molecule has 1 aromatic heterocycles. The number of hydrogen-bond donors (Lipinski definition) is 0. The molecule has 0 aliphatic carbocycles. The summed E-state index contributed by atoms with van der Waals surface area (Å²) in [7, 11) is 0. The Hall–Kier alpha value is -2.83. The minimum absolute atomic E-state index is 0.0254. The molecule has 0 saturated heterocycles. The number of nitro benzene ring substituents is 1. The van der Waals surface area contributed by atoms with Gasteiger partial charge in [0.05, 0.1) is 16.8 Å². The highest BCUT2D eigenvalue weighted by atomic mass is 16.6. The first-order chi connectivity index (χ1) is 9.66. The van der Waals surface area contributed by atoms with E-state index in [1.54, 1.807) is 6.07 Å². The minimum Gasteiger partial charge on any atom is -0.306 e. The van der Waals surface area contributed by atoms with Crippen LogP contribution in [0.4, 0.5) is 11.4 Å². The summed E-state index contributed by atoms with van der Waals surface area (Å²) in [5.41, 5.74) is 1.71. The average molecular weight is 270 g/mol. The van der Waals surface area contributed by atoms with E-state index in [4.69, 9.17) is 0 Å². The number of hydrogen-bond acceptors (Lipinski definition) is 5. The lowest BCUT2D eigenvalue weighted by atomic mass is 10.1. The lowest BCUT2D eigenvalue weighted by Crippen LogP contribution is -2.29. The molecule has 0 saturated carbocycles. The summed E-state index contributed by atoms with van der Waals surface area (Å²) >= 11 is 0. The Morgan fingerprint density at radius 1 is 1.35 bits per heavy atom. The topological polar surface area (TPSA) is 89.2 Å². The number of nitrogens with zero attached hydrogens (tertiary/aromatic N) is 4. The number of nitro groups is 1. The van der Waals surface area contributed by atoms with Crippen molar-refractivity contribution in [3.63, 3.8) is 0 Å². The summed E-state index contributed by atoms with van der Waals surface area (Å²) in [6.07, 6.45) is 4.99. The SMILES string of the molecule is O=C(c1cnccn1)N1CCc2ccc([N+](=O)[O-])cc21. The summed E-state index contributed by atoms with van der Waals surface area (Å²) < 4.78 is 0. The van der Waals surface area contributed by atoms with Crippen molar-refractivity contribution < 1.29 is 9.72 Å². The van der Waals surface area contributed by atoms with Gasteiger partial charge in [-0.3, -0.25) is 19.9 Å². The number of anilines is 1. The maximum Gasteiger partial charge on any atom is 0.278 e. The Labute approximate surface area is 114 Å². The fourth-order valence-electron chi connectivity index (χ4n) is 2.24. The molecule has 0 unspecified atom stereocenters. The Balaban J connectivity index is 1.98. The summed E-state index contributed by atoms with van der Waals surface area (Å²) in [6, 6.07) is 4.57. The van der Waals surface area contributed by atoms with Gasteiger partial charge in [0.1, 0.15) is 5.69 Å². The molecule has 7 heteroatoms. The van der Waals surface area contributed by atoms with Crippen LogP contribution in [0.1, 0.15) is 16.1 Å². The Morgan fingerprint density at radius 3 is 2.90 bits per heavy atom. The minimum atomic E-state index is -0.469. The van der Waals surface area contributed by atoms with Gasteiger partial charge in [0.2, 0.25) is 0 Å². The van der Waals surface area contributed by atoms with Crippen molar-refractivity contribution in [3.05, 3.63) is 58.2 Å². The highest BCUT2D eigenvalue weighted by Gasteiger charge is 2.28. The second kappa shape index (κ2) is 4.69. The molecule has 0 fully saturated rings. The number of aromatic nitrogens is 2. The van der Waals surface area contributed by atoms with Crippen LogP contribution >= 0.6 is 0 Å². The van der Waals surface area contributed by atoms with Crippen molar-refractivity contribution in [2.24, 2.45) is 0 Å². The molecule has 2 aromatic rings. The number of carbonyl (C=O) groups is 1. The van der Waals surface area contributed by atoms with Crippen LogP contribution in [0.5, 0.6) is 0 Å². The molecule has 7 nitrogen and oxygen atoms in total. The quantitative estimate of drug-likeness (QED) is 0.610. The Bertz CT molecular complexity index is 687. The van der Waals surface area contributed by atoms with Gasteiger partial charge in [0.25, 0.3) is 11.6 Å². The number of carbonyl (C=O) groups excluding carboxylic acids is 1. The molecule has 1 aliphatic heterocycles. The monoisotopic (exact) mass is 270 g/mol. The van der Waals surface area contributed by atoms with Crippen LogP contribution in [0.15, 0.2) is 36.8 Å². The molecule has 1 aliphatic rings. The standard InChI is InChI=1S/C13H10N4O3/c18-13(11-8-14-4-5-15-11)16-6-3-9-1-2-10(17(19)20)7-12(9)16/h1-2,4-5,7-8H,3,6H2. The molecule has 0 N–H and O–H groups in total. The predicted octanol–water partition coefficient (Wildman–Crippen LogP) is 1.59. The largest absolute Gasteiger partial charge is 0.306 e. The molecule has 0 bridgehead atoms. The smallest absolute Gasteiger partial charge is 0.278 e. The van der Waals surface area contributed by atoms with Gasteiger partial charge in [-0.2, -0.15) is 0 Å². The molecule has 0 atom stereocenters. The number of fused-ring (bicyclic) bond motifs is 1. The average Bonchev–Trinajstić information content (AvgIpc) is 2.90. The highest BCUT2D eigenvalue weighted by molar-refractivity contribution is 6.06. The third kappa shape index (κ3) is 1.99. The van der Waals surface area contributed by atoms with E-state index in [0.29, 0.717) is 18.7 Å². The fraction of sp³-hybridized carbons (Fsp3) is 0.154. The molecular weight excluding hydrogens is 260 g/mol. The number of benzene rings is 1. The van der Waals surface area contributed by atoms with Gasteiger partial charge in [0.15, 0.2) is 0 Å². The molecule has 0 spiro atoms. The van der Waals surface area contributed by atoms with Gasteiger partial charge in [0, 0.05) is 31.1 Å². The van der Waals surface area contributed by atoms with Crippen LogP contribution in [0.25, 0.3) is 0 Å². The van der Waals surface area contributed by atoms with Crippen molar-refractivity contribution in [3.8, 4) is 0 Å². The molecule has 3 rings (SSSR count). The maximum atomic E-state index is 12.3. The third-order valence-electron chi connectivity index (χ3n) is 3.20. The maximum absolute atomic E-state index is 12.3. The number of non-ortho nitro benzene ring substituents is 1. The third-order valence-corrected chi connectivity index (χ3v) is 3.20. The molecule has 100 valence electrons. The van der Waals surface area contributed by atoms with Gasteiger partial charge in [-0.05, 0) is 12.0 Å². The summed E-state index contributed by atoms with van der Waals surface area (Å²) in [6.45, 7) is 0.492. The fourth-order valence-corrected chi connectivity index (χ4v) is 2.24. The molecule has 1 amide bonds. The van der Waals surface area contributed by atoms with Crippen LogP contribution < -0.4 is 4.90 Å². The van der Waals surface area contributed by atoms with Gasteiger partial charge in [-0.1, -0.05) is 6.07 Å². The van der Waals surface area contributed by atoms with Gasteiger partial charge in [-0.25, -0.2) is 4.98 Å². The van der Waals surface area contributed by atoms with Crippen molar-refractivity contribution in [1.29, 1.82) is 0 Å². The molecule has 2 heterocycles. The second-order valence-electron chi connectivity index (χ2n) is 4.37.